The number of hydrogen-bond donors (Lipinski definition) is 2. The fourth-order valence-electron chi connectivity index (χ4n) is 2.25. The van der Waals surface area contributed by atoms with Gasteiger partial charge in [0, 0.05) is 37.6 Å². The molecule has 20 heavy (non-hydrogen) atoms. The minimum atomic E-state index is -0.0261. The molecule has 0 spiro atoms. The SMILES string of the molecule is Cl.O=C(NCCn1cccn1)c1ccc2c(c1)CNC2. The minimum Gasteiger partial charge on any atom is -0.350 e. The van der Waals surface area contributed by atoms with E-state index in [-0.39, 0.29) is 18.3 Å². The zero-order valence-electron chi connectivity index (χ0n) is 11.0. The van der Waals surface area contributed by atoms with Crippen LogP contribution in [0.25, 0.3) is 0 Å². The van der Waals surface area contributed by atoms with E-state index in [9.17, 15) is 4.79 Å². The van der Waals surface area contributed by atoms with Gasteiger partial charge in [0.15, 0.2) is 0 Å². The van der Waals surface area contributed by atoms with E-state index in [2.05, 4.69) is 15.7 Å². The van der Waals surface area contributed by atoms with Gasteiger partial charge in [-0.25, -0.2) is 0 Å². The van der Waals surface area contributed by atoms with E-state index in [0.717, 1.165) is 18.7 Å². The first kappa shape index (κ1) is 14.6. The summed E-state index contributed by atoms with van der Waals surface area (Å²) in [6.07, 6.45) is 3.61. The molecule has 1 amide bonds. The fraction of sp³-hybridized carbons (Fsp3) is 0.286. The van der Waals surface area contributed by atoms with Crippen molar-refractivity contribution >= 4 is 18.3 Å². The number of nitrogens with zero attached hydrogens (tertiary/aromatic N) is 2. The Kier molecular flexibility index (Phi) is 4.76. The highest BCUT2D eigenvalue weighted by molar-refractivity contribution is 5.94. The van der Waals surface area contributed by atoms with Gasteiger partial charge in [-0.15, -0.1) is 12.4 Å². The molecule has 0 unspecified atom stereocenters. The second-order valence-corrected chi connectivity index (χ2v) is 4.61. The second-order valence-electron chi connectivity index (χ2n) is 4.61. The Bertz CT molecular complexity index is 583. The highest BCUT2D eigenvalue weighted by Gasteiger charge is 2.13. The third-order valence-corrected chi connectivity index (χ3v) is 3.29. The maximum absolute atomic E-state index is 12.0. The average molecular weight is 293 g/mol. The standard InChI is InChI=1S/C14H16N4O.ClH/c19-14(16-5-7-18-6-1-4-17-18)11-2-3-12-9-15-10-13(12)8-11;/h1-4,6,8,15H,5,7,9-10H2,(H,16,19);1H. The van der Waals surface area contributed by atoms with Gasteiger partial charge in [0.25, 0.3) is 5.91 Å². The van der Waals surface area contributed by atoms with Crippen LogP contribution in [0.4, 0.5) is 0 Å². The van der Waals surface area contributed by atoms with Crippen LogP contribution in [0.3, 0.4) is 0 Å². The molecule has 2 aromatic rings. The quantitative estimate of drug-likeness (QED) is 0.894. The summed E-state index contributed by atoms with van der Waals surface area (Å²) in [7, 11) is 0. The lowest BCUT2D eigenvalue weighted by Gasteiger charge is -2.07. The van der Waals surface area contributed by atoms with Crippen LogP contribution in [-0.4, -0.2) is 22.2 Å². The number of aromatic nitrogens is 2. The van der Waals surface area contributed by atoms with Gasteiger partial charge in [0.1, 0.15) is 0 Å². The number of hydrogen-bond acceptors (Lipinski definition) is 3. The number of fused-ring (bicyclic) bond motifs is 1. The number of rotatable bonds is 4. The highest BCUT2D eigenvalue weighted by atomic mass is 35.5. The fourth-order valence-corrected chi connectivity index (χ4v) is 2.25. The summed E-state index contributed by atoms with van der Waals surface area (Å²) < 4.78 is 1.80. The van der Waals surface area contributed by atoms with E-state index in [1.54, 1.807) is 10.9 Å². The first-order valence-corrected chi connectivity index (χ1v) is 6.41. The van der Waals surface area contributed by atoms with Crippen molar-refractivity contribution in [2.75, 3.05) is 6.54 Å². The summed E-state index contributed by atoms with van der Waals surface area (Å²) >= 11 is 0. The summed E-state index contributed by atoms with van der Waals surface area (Å²) in [5.41, 5.74) is 3.23. The number of benzene rings is 1. The van der Waals surface area contributed by atoms with Crippen molar-refractivity contribution < 1.29 is 4.79 Å². The van der Waals surface area contributed by atoms with Crippen molar-refractivity contribution in [1.82, 2.24) is 20.4 Å². The summed E-state index contributed by atoms with van der Waals surface area (Å²) in [4.78, 5) is 12.0. The molecule has 0 bridgehead atoms. The van der Waals surface area contributed by atoms with Gasteiger partial charge in [-0.3, -0.25) is 9.48 Å². The van der Waals surface area contributed by atoms with E-state index in [4.69, 9.17) is 0 Å². The molecule has 1 aromatic carbocycles. The van der Waals surface area contributed by atoms with Crippen LogP contribution in [0, 0.1) is 0 Å². The normalized spacial score (nSPS) is 12.6. The zero-order chi connectivity index (χ0) is 13.1. The summed E-state index contributed by atoms with van der Waals surface area (Å²) in [6, 6.07) is 7.75. The predicted octanol–water partition coefficient (Wildman–Crippen LogP) is 1.34. The molecule has 0 atom stereocenters. The van der Waals surface area contributed by atoms with Gasteiger partial charge in [0.2, 0.25) is 0 Å². The molecule has 1 aromatic heterocycles. The maximum atomic E-state index is 12.0. The zero-order valence-corrected chi connectivity index (χ0v) is 11.8. The Morgan fingerprint density at radius 1 is 1.35 bits per heavy atom. The number of nitrogens with one attached hydrogen (secondary N) is 2. The number of amides is 1. The predicted molar refractivity (Wildman–Crippen MR) is 78.8 cm³/mol. The van der Waals surface area contributed by atoms with Crippen molar-refractivity contribution in [1.29, 1.82) is 0 Å². The lowest BCUT2D eigenvalue weighted by molar-refractivity contribution is 0.0952. The van der Waals surface area contributed by atoms with Crippen LogP contribution in [-0.2, 0) is 19.6 Å². The average Bonchev–Trinajstić information content (AvgIpc) is 3.08. The first-order chi connectivity index (χ1) is 9.33. The van der Waals surface area contributed by atoms with Crippen LogP contribution >= 0.6 is 12.4 Å². The summed E-state index contributed by atoms with van der Waals surface area (Å²) in [5.74, 6) is -0.0261. The molecule has 0 saturated heterocycles. The monoisotopic (exact) mass is 292 g/mol. The van der Waals surface area contributed by atoms with Gasteiger partial charge in [-0.1, -0.05) is 6.07 Å². The third kappa shape index (κ3) is 3.18. The molecule has 5 nitrogen and oxygen atoms in total. The van der Waals surface area contributed by atoms with Gasteiger partial charge in [0.05, 0.1) is 6.54 Å². The molecular weight excluding hydrogens is 276 g/mol. The molecule has 106 valence electrons. The molecule has 6 heteroatoms. The molecule has 2 N–H and O–H groups in total. The van der Waals surface area contributed by atoms with E-state index in [1.807, 2.05) is 30.5 Å². The van der Waals surface area contributed by atoms with Crippen molar-refractivity contribution in [2.24, 2.45) is 0 Å². The molecule has 0 saturated carbocycles. The van der Waals surface area contributed by atoms with Crippen molar-refractivity contribution in [3.8, 4) is 0 Å². The largest absolute Gasteiger partial charge is 0.350 e. The van der Waals surface area contributed by atoms with Crippen LogP contribution < -0.4 is 10.6 Å². The maximum Gasteiger partial charge on any atom is 0.251 e. The van der Waals surface area contributed by atoms with Gasteiger partial charge in [-0.2, -0.15) is 5.10 Å². The highest BCUT2D eigenvalue weighted by Crippen LogP contribution is 2.16. The first-order valence-electron chi connectivity index (χ1n) is 6.41. The molecule has 0 fully saturated rings. The summed E-state index contributed by atoms with van der Waals surface area (Å²) in [5, 5.41) is 10.3. The Balaban J connectivity index is 0.00000147. The van der Waals surface area contributed by atoms with Gasteiger partial charge < -0.3 is 10.6 Å². The molecule has 3 rings (SSSR count). The smallest absolute Gasteiger partial charge is 0.251 e. The Hall–Kier alpha value is -1.85. The van der Waals surface area contributed by atoms with E-state index < -0.39 is 0 Å². The molecule has 1 aliphatic rings. The van der Waals surface area contributed by atoms with E-state index in [0.29, 0.717) is 13.1 Å². The van der Waals surface area contributed by atoms with Crippen molar-refractivity contribution in [3.05, 3.63) is 53.3 Å². The Morgan fingerprint density at radius 3 is 3.00 bits per heavy atom. The lowest BCUT2D eigenvalue weighted by Crippen LogP contribution is -2.27. The van der Waals surface area contributed by atoms with Crippen molar-refractivity contribution in [3.63, 3.8) is 0 Å². The summed E-state index contributed by atoms with van der Waals surface area (Å²) in [6.45, 7) is 3.02. The van der Waals surface area contributed by atoms with Gasteiger partial charge >= 0.3 is 0 Å². The van der Waals surface area contributed by atoms with Crippen LogP contribution in [0.15, 0.2) is 36.7 Å². The minimum absolute atomic E-state index is 0. The number of carbonyl (C=O) groups excluding carboxylic acids is 1. The topological polar surface area (TPSA) is 59.0 Å². The van der Waals surface area contributed by atoms with E-state index in [1.165, 1.54) is 11.1 Å². The third-order valence-electron chi connectivity index (χ3n) is 3.29. The Labute approximate surface area is 123 Å². The van der Waals surface area contributed by atoms with Crippen LogP contribution in [0.1, 0.15) is 21.5 Å². The molecule has 0 radical (unpaired) electrons. The number of carbonyl (C=O) groups is 1. The lowest BCUT2D eigenvalue weighted by atomic mass is 10.1. The molecule has 0 aliphatic carbocycles. The van der Waals surface area contributed by atoms with E-state index >= 15 is 0 Å². The second kappa shape index (κ2) is 6.54. The van der Waals surface area contributed by atoms with Crippen molar-refractivity contribution in [2.45, 2.75) is 19.6 Å². The molecular formula is C14H17ClN4O. The van der Waals surface area contributed by atoms with Gasteiger partial charge in [-0.05, 0) is 29.3 Å². The number of halogens is 1. The Morgan fingerprint density at radius 2 is 2.20 bits per heavy atom. The van der Waals surface area contributed by atoms with Crippen LogP contribution in [0.5, 0.6) is 0 Å². The van der Waals surface area contributed by atoms with Crippen LogP contribution in [0.2, 0.25) is 0 Å². The molecule has 2 heterocycles. The molecule has 1 aliphatic heterocycles.